The maximum Gasteiger partial charge on any atom is 0.270 e. The molecule has 1 aromatic heterocycles. The summed E-state index contributed by atoms with van der Waals surface area (Å²) in [6, 6.07) is 2.42. The molecule has 0 saturated heterocycles. The summed E-state index contributed by atoms with van der Waals surface area (Å²) >= 11 is 3.45. The first-order valence-electron chi connectivity index (χ1n) is 6.56. The maximum absolute atomic E-state index is 12.6. The van der Waals surface area contributed by atoms with Crippen molar-refractivity contribution in [2.45, 2.75) is 53.1 Å². The molecule has 1 rings (SSSR count). The first-order valence-corrected chi connectivity index (χ1v) is 7.36. The molecule has 4 heteroatoms. The van der Waals surface area contributed by atoms with Crippen molar-refractivity contribution in [3.8, 4) is 0 Å². The lowest BCUT2D eigenvalue weighted by molar-refractivity contribution is 0.0693. The van der Waals surface area contributed by atoms with E-state index in [0.29, 0.717) is 0 Å². The van der Waals surface area contributed by atoms with Gasteiger partial charge >= 0.3 is 0 Å². The normalized spacial score (nSPS) is 11.3. The van der Waals surface area contributed by atoms with Crippen LogP contribution in [-0.4, -0.2) is 28.0 Å². The van der Waals surface area contributed by atoms with E-state index in [1.165, 1.54) is 0 Å². The van der Waals surface area contributed by atoms with Crippen LogP contribution in [-0.2, 0) is 0 Å². The van der Waals surface area contributed by atoms with Gasteiger partial charge in [-0.3, -0.25) is 4.79 Å². The zero-order valence-corrected chi connectivity index (χ0v) is 13.5. The number of nitrogens with zero attached hydrogens (tertiary/aromatic N) is 2. The van der Waals surface area contributed by atoms with Gasteiger partial charge in [-0.1, -0.05) is 6.92 Å². The number of carbonyl (C=O) groups excluding carboxylic acids is 1. The highest BCUT2D eigenvalue weighted by atomic mass is 79.9. The van der Waals surface area contributed by atoms with Gasteiger partial charge in [-0.25, -0.2) is 0 Å². The number of hydrogen-bond acceptors (Lipinski definition) is 1. The summed E-state index contributed by atoms with van der Waals surface area (Å²) in [7, 11) is 0. The summed E-state index contributed by atoms with van der Waals surface area (Å²) in [6.07, 6.45) is 2.95. The molecule has 18 heavy (non-hydrogen) atoms. The molecule has 3 nitrogen and oxygen atoms in total. The highest BCUT2D eigenvalue weighted by Crippen LogP contribution is 2.21. The van der Waals surface area contributed by atoms with Crippen molar-refractivity contribution in [2.75, 3.05) is 6.54 Å². The standard InChI is InChI=1S/C14H23BrN2O/c1-6-7-16(10(2)3)14(18)13-8-12(15)9-17(13)11(4)5/h8-11H,6-7H2,1-5H3. The average molecular weight is 315 g/mol. The van der Waals surface area contributed by atoms with Crippen molar-refractivity contribution in [1.29, 1.82) is 0 Å². The molecule has 0 unspecified atom stereocenters. The lowest BCUT2D eigenvalue weighted by Crippen LogP contribution is -2.38. The minimum atomic E-state index is 0.117. The first kappa shape index (κ1) is 15.3. The van der Waals surface area contributed by atoms with Crippen LogP contribution in [0.2, 0.25) is 0 Å². The maximum atomic E-state index is 12.6. The predicted molar refractivity (Wildman–Crippen MR) is 79.0 cm³/mol. The van der Waals surface area contributed by atoms with E-state index in [-0.39, 0.29) is 18.0 Å². The Morgan fingerprint density at radius 2 is 2.00 bits per heavy atom. The van der Waals surface area contributed by atoms with E-state index in [9.17, 15) is 4.79 Å². The third kappa shape index (κ3) is 3.37. The Kier molecular flexibility index (Phi) is 5.45. The number of halogens is 1. The van der Waals surface area contributed by atoms with Crippen molar-refractivity contribution in [1.82, 2.24) is 9.47 Å². The molecule has 0 saturated carbocycles. The highest BCUT2D eigenvalue weighted by Gasteiger charge is 2.22. The molecular formula is C14H23BrN2O. The number of hydrogen-bond donors (Lipinski definition) is 0. The Bertz CT molecular complexity index is 410. The van der Waals surface area contributed by atoms with Crippen LogP contribution in [0.4, 0.5) is 0 Å². The third-order valence-electron chi connectivity index (χ3n) is 2.94. The number of aromatic nitrogens is 1. The van der Waals surface area contributed by atoms with Gasteiger partial charge in [0.15, 0.2) is 0 Å². The van der Waals surface area contributed by atoms with Crippen LogP contribution >= 0.6 is 15.9 Å². The molecule has 0 atom stereocenters. The number of amides is 1. The van der Waals surface area contributed by atoms with Gasteiger partial charge in [-0.2, -0.15) is 0 Å². The second-order valence-corrected chi connectivity index (χ2v) is 6.05. The van der Waals surface area contributed by atoms with Crippen molar-refractivity contribution in [3.63, 3.8) is 0 Å². The van der Waals surface area contributed by atoms with Crippen LogP contribution in [0.3, 0.4) is 0 Å². The van der Waals surface area contributed by atoms with Crippen LogP contribution in [0.1, 0.15) is 57.6 Å². The summed E-state index contributed by atoms with van der Waals surface area (Å²) in [5, 5.41) is 0. The summed E-state index contributed by atoms with van der Waals surface area (Å²) in [6.45, 7) is 11.2. The summed E-state index contributed by atoms with van der Waals surface area (Å²) < 4.78 is 2.98. The van der Waals surface area contributed by atoms with Crippen LogP contribution < -0.4 is 0 Å². The molecule has 0 aliphatic rings. The van der Waals surface area contributed by atoms with Gasteiger partial charge in [0.05, 0.1) is 0 Å². The number of rotatable bonds is 5. The minimum Gasteiger partial charge on any atom is -0.340 e. The fraction of sp³-hybridized carbons (Fsp3) is 0.643. The molecule has 1 amide bonds. The summed E-state index contributed by atoms with van der Waals surface area (Å²) in [5.74, 6) is 0.117. The Hall–Kier alpha value is -0.770. The van der Waals surface area contributed by atoms with Gasteiger partial charge in [0.2, 0.25) is 0 Å². The third-order valence-corrected chi connectivity index (χ3v) is 3.37. The van der Waals surface area contributed by atoms with Crippen molar-refractivity contribution in [2.24, 2.45) is 0 Å². The van der Waals surface area contributed by atoms with E-state index in [1.807, 2.05) is 21.7 Å². The molecule has 0 radical (unpaired) electrons. The van der Waals surface area contributed by atoms with Gasteiger partial charge in [-0.05, 0) is 56.1 Å². The molecule has 0 bridgehead atoms. The van der Waals surface area contributed by atoms with E-state index in [4.69, 9.17) is 0 Å². The fourth-order valence-electron chi connectivity index (χ4n) is 2.03. The zero-order chi connectivity index (χ0) is 13.9. The molecule has 0 aliphatic heterocycles. The van der Waals surface area contributed by atoms with Crippen LogP contribution in [0.5, 0.6) is 0 Å². The molecule has 1 aromatic rings. The van der Waals surface area contributed by atoms with Gasteiger partial charge in [0.1, 0.15) is 5.69 Å². The van der Waals surface area contributed by atoms with Crippen molar-refractivity contribution in [3.05, 3.63) is 22.4 Å². The van der Waals surface area contributed by atoms with E-state index in [0.717, 1.165) is 23.1 Å². The first-order chi connectivity index (χ1) is 8.38. The van der Waals surface area contributed by atoms with Crippen LogP contribution in [0.15, 0.2) is 16.7 Å². The minimum absolute atomic E-state index is 0.117. The van der Waals surface area contributed by atoms with E-state index in [1.54, 1.807) is 0 Å². The Morgan fingerprint density at radius 1 is 1.39 bits per heavy atom. The van der Waals surface area contributed by atoms with E-state index in [2.05, 4.69) is 50.5 Å². The fourth-order valence-corrected chi connectivity index (χ4v) is 2.46. The molecule has 102 valence electrons. The van der Waals surface area contributed by atoms with Crippen molar-refractivity contribution >= 4 is 21.8 Å². The molecule has 0 aromatic carbocycles. The second-order valence-electron chi connectivity index (χ2n) is 5.14. The van der Waals surface area contributed by atoms with Gasteiger partial charge in [0, 0.05) is 29.3 Å². The Morgan fingerprint density at radius 3 is 2.44 bits per heavy atom. The molecule has 1 heterocycles. The SMILES string of the molecule is CCCN(C(=O)c1cc(Br)cn1C(C)C)C(C)C. The zero-order valence-electron chi connectivity index (χ0n) is 11.9. The summed E-state index contributed by atoms with van der Waals surface area (Å²) in [5.41, 5.74) is 0.763. The van der Waals surface area contributed by atoms with E-state index >= 15 is 0 Å². The average Bonchev–Trinajstić information content (AvgIpc) is 2.67. The second kappa shape index (κ2) is 6.41. The topological polar surface area (TPSA) is 25.2 Å². The van der Waals surface area contributed by atoms with E-state index < -0.39 is 0 Å². The smallest absolute Gasteiger partial charge is 0.270 e. The lowest BCUT2D eigenvalue weighted by Gasteiger charge is -2.27. The van der Waals surface area contributed by atoms with Crippen LogP contribution in [0.25, 0.3) is 0 Å². The van der Waals surface area contributed by atoms with Gasteiger partial charge in [-0.15, -0.1) is 0 Å². The molecular weight excluding hydrogens is 292 g/mol. The van der Waals surface area contributed by atoms with Crippen molar-refractivity contribution < 1.29 is 4.79 Å². The molecule has 0 spiro atoms. The molecule has 0 aliphatic carbocycles. The summed E-state index contributed by atoms with van der Waals surface area (Å²) in [4.78, 5) is 14.5. The van der Waals surface area contributed by atoms with Gasteiger partial charge in [0.25, 0.3) is 5.91 Å². The molecule has 0 fully saturated rings. The largest absolute Gasteiger partial charge is 0.340 e. The predicted octanol–water partition coefficient (Wildman–Crippen LogP) is 4.09. The highest BCUT2D eigenvalue weighted by molar-refractivity contribution is 9.10. The Labute approximate surface area is 118 Å². The Balaban J connectivity index is 3.08. The lowest BCUT2D eigenvalue weighted by atomic mass is 10.2. The quantitative estimate of drug-likeness (QED) is 0.803. The van der Waals surface area contributed by atoms with Crippen LogP contribution in [0, 0.1) is 0 Å². The monoisotopic (exact) mass is 314 g/mol. The number of carbonyl (C=O) groups is 1. The van der Waals surface area contributed by atoms with Gasteiger partial charge < -0.3 is 9.47 Å². The molecule has 0 N–H and O–H groups in total.